The smallest absolute Gasteiger partial charge is 0.128 e. The minimum absolute atomic E-state index is 0.189. The molecule has 0 amide bonds. The third kappa shape index (κ3) is 5.28. The van der Waals surface area contributed by atoms with Gasteiger partial charge >= 0.3 is 0 Å². The Labute approximate surface area is 234 Å². The Balaban J connectivity index is 1.42. The number of nitrogens with one attached hydrogen (secondary N) is 2. The van der Waals surface area contributed by atoms with Crippen molar-refractivity contribution in [3.63, 3.8) is 0 Å². The van der Waals surface area contributed by atoms with Crippen LogP contribution >= 0.6 is 0 Å². The van der Waals surface area contributed by atoms with Crippen molar-refractivity contribution >= 4 is 21.5 Å². The first kappa shape index (κ1) is 25.6. The van der Waals surface area contributed by atoms with E-state index >= 15 is 0 Å². The van der Waals surface area contributed by atoms with Crippen molar-refractivity contribution in [2.75, 3.05) is 0 Å². The molecule has 0 aromatic heterocycles. The second kappa shape index (κ2) is 11.6. The average molecular weight is 525 g/mol. The van der Waals surface area contributed by atoms with Crippen LogP contribution in [0.3, 0.4) is 0 Å². The topological polar surface area (TPSA) is 64.5 Å². The zero-order valence-electron chi connectivity index (χ0n) is 22.3. The van der Waals surface area contributed by atoms with E-state index in [9.17, 15) is 10.2 Å². The summed E-state index contributed by atoms with van der Waals surface area (Å²) in [4.78, 5) is 0. The summed E-state index contributed by atoms with van der Waals surface area (Å²) < 4.78 is 0. The highest BCUT2D eigenvalue weighted by Gasteiger charge is 2.21. The van der Waals surface area contributed by atoms with Gasteiger partial charge < -0.3 is 20.8 Å². The maximum atomic E-state index is 11.8. The molecule has 0 aliphatic carbocycles. The van der Waals surface area contributed by atoms with E-state index in [1.807, 2.05) is 84.9 Å². The molecule has 6 rings (SSSR count). The predicted molar refractivity (Wildman–Crippen MR) is 164 cm³/mol. The van der Waals surface area contributed by atoms with Crippen molar-refractivity contribution in [1.29, 1.82) is 0 Å². The number of hydrogen-bond acceptors (Lipinski definition) is 4. The number of rotatable bonds is 9. The maximum Gasteiger partial charge on any atom is 0.128 e. The molecule has 0 atom stereocenters. The van der Waals surface area contributed by atoms with E-state index in [0.29, 0.717) is 37.3 Å². The first-order chi connectivity index (χ1) is 19.7. The van der Waals surface area contributed by atoms with Gasteiger partial charge in [0.1, 0.15) is 11.5 Å². The van der Waals surface area contributed by atoms with Gasteiger partial charge in [-0.15, -0.1) is 0 Å². The average Bonchev–Trinajstić information content (AvgIpc) is 2.99. The third-order valence-corrected chi connectivity index (χ3v) is 7.43. The normalized spacial score (nSPS) is 11.3. The van der Waals surface area contributed by atoms with Gasteiger partial charge in [-0.05, 0) is 44.8 Å². The number of aromatic hydroxyl groups is 2. The Bertz CT molecular complexity index is 1630. The summed E-state index contributed by atoms with van der Waals surface area (Å²) >= 11 is 0. The van der Waals surface area contributed by atoms with Crippen LogP contribution < -0.4 is 10.6 Å². The van der Waals surface area contributed by atoms with Crippen molar-refractivity contribution in [3.8, 4) is 22.6 Å². The molecule has 6 aromatic carbocycles. The molecule has 4 N–H and O–H groups in total. The fraction of sp³-hybridized carbons (Fsp3) is 0.111. The van der Waals surface area contributed by atoms with Crippen LogP contribution in [-0.4, -0.2) is 10.2 Å². The lowest BCUT2D eigenvalue weighted by molar-refractivity contribution is 0.459. The van der Waals surface area contributed by atoms with Crippen LogP contribution in [-0.2, 0) is 26.2 Å². The van der Waals surface area contributed by atoms with E-state index in [-0.39, 0.29) is 11.5 Å². The zero-order valence-corrected chi connectivity index (χ0v) is 22.3. The summed E-state index contributed by atoms with van der Waals surface area (Å²) in [7, 11) is 0. The molecule has 0 saturated heterocycles. The van der Waals surface area contributed by atoms with Gasteiger partial charge in [-0.2, -0.15) is 0 Å². The molecular weight excluding hydrogens is 492 g/mol. The molecule has 0 aliphatic rings. The summed E-state index contributed by atoms with van der Waals surface area (Å²) in [6.45, 7) is 2.38. The van der Waals surface area contributed by atoms with Crippen LogP contribution in [0.5, 0.6) is 11.5 Å². The lowest BCUT2D eigenvalue weighted by Gasteiger charge is -2.19. The van der Waals surface area contributed by atoms with Crippen LogP contribution in [0.4, 0.5) is 0 Å². The van der Waals surface area contributed by atoms with Crippen LogP contribution in [0.2, 0.25) is 0 Å². The molecule has 4 heteroatoms. The number of benzene rings is 6. The summed E-state index contributed by atoms with van der Waals surface area (Å²) in [5.41, 5.74) is 5.27. The standard InChI is InChI=1S/C36H32N2O2/c39-35-29(23-37-21-25-11-3-1-4-12-25)19-27-15-7-9-17-31(27)33(35)34-32-18-10-8-16-28(32)20-30(36(34)40)24-38-22-26-13-5-2-6-14-26/h1-20,37-40H,21-24H2. The fourth-order valence-electron chi connectivity index (χ4n) is 5.44. The van der Waals surface area contributed by atoms with E-state index in [1.165, 1.54) is 11.1 Å². The van der Waals surface area contributed by atoms with Crippen LogP contribution in [0.1, 0.15) is 22.3 Å². The number of fused-ring (bicyclic) bond motifs is 2. The molecule has 0 fully saturated rings. The van der Waals surface area contributed by atoms with Crippen LogP contribution in [0.15, 0.2) is 121 Å². The Kier molecular flexibility index (Phi) is 7.45. The van der Waals surface area contributed by atoms with E-state index in [0.717, 1.165) is 32.7 Å². The van der Waals surface area contributed by atoms with Gasteiger partial charge in [-0.3, -0.25) is 0 Å². The minimum Gasteiger partial charge on any atom is -0.507 e. The maximum absolute atomic E-state index is 11.8. The van der Waals surface area contributed by atoms with Gasteiger partial charge in [0.2, 0.25) is 0 Å². The molecular formula is C36H32N2O2. The van der Waals surface area contributed by atoms with E-state index in [2.05, 4.69) is 47.0 Å². The Morgan fingerprint density at radius 3 is 1.23 bits per heavy atom. The highest BCUT2D eigenvalue weighted by Crippen LogP contribution is 2.47. The number of hydrogen-bond donors (Lipinski definition) is 4. The second-order valence-corrected chi connectivity index (χ2v) is 10.1. The van der Waals surface area contributed by atoms with Crippen LogP contribution in [0.25, 0.3) is 32.7 Å². The highest BCUT2D eigenvalue weighted by molar-refractivity contribution is 6.10. The van der Waals surface area contributed by atoms with E-state index in [4.69, 9.17) is 0 Å². The van der Waals surface area contributed by atoms with Crippen molar-refractivity contribution in [3.05, 3.63) is 144 Å². The first-order valence-corrected chi connectivity index (χ1v) is 13.7. The second-order valence-electron chi connectivity index (χ2n) is 10.1. The SMILES string of the molecule is Oc1c(CNCc2ccccc2)cc2ccccc2c1-c1c(O)c(CNCc2ccccc2)cc2ccccc12. The molecule has 0 spiro atoms. The van der Waals surface area contributed by atoms with Gasteiger partial charge in [0.15, 0.2) is 0 Å². The lowest BCUT2D eigenvalue weighted by Crippen LogP contribution is -2.13. The van der Waals surface area contributed by atoms with Crippen molar-refractivity contribution in [2.45, 2.75) is 26.2 Å². The molecule has 4 nitrogen and oxygen atoms in total. The molecule has 0 radical (unpaired) electrons. The summed E-state index contributed by atoms with van der Waals surface area (Å²) in [6, 6.07) is 40.6. The summed E-state index contributed by atoms with van der Waals surface area (Å²) in [5.74, 6) is 0.378. The van der Waals surface area contributed by atoms with Gasteiger partial charge in [-0.25, -0.2) is 0 Å². The lowest BCUT2D eigenvalue weighted by atomic mass is 9.88. The quantitative estimate of drug-likeness (QED) is 0.157. The van der Waals surface area contributed by atoms with E-state index < -0.39 is 0 Å². The molecule has 40 heavy (non-hydrogen) atoms. The molecule has 198 valence electrons. The first-order valence-electron chi connectivity index (χ1n) is 13.7. The number of phenols is 2. The molecule has 0 unspecified atom stereocenters. The van der Waals surface area contributed by atoms with Crippen molar-refractivity contribution < 1.29 is 10.2 Å². The zero-order chi connectivity index (χ0) is 27.3. The Hall–Kier alpha value is -4.64. The molecule has 0 heterocycles. The fourth-order valence-corrected chi connectivity index (χ4v) is 5.44. The van der Waals surface area contributed by atoms with Crippen molar-refractivity contribution in [2.24, 2.45) is 0 Å². The molecule has 0 aliphatic heterocycles. The van der Waals surface area contributed by atoms with Gasteiger partial charge in [-0.1, -0.05) is 109 Å². The minimum atomic E-state index is 0.189. The highest BCUT2D eigenvalue weighted by atomic mass is 16.3. The molecule has 0 bridgehead atoms. The molecule has 0 saturated carbocycles. The van der Waals surface area contributed by atoms with E-state index in [1.54, 1.807) is 0 Å². The van der Waals surface area contributed by atoms with Gasteiger partial charge in [0.05, 0.1) is 0 Å². The van der Waals surface area contributed by atoms with Gasteiger partial charge in [0.25, 0.3) is 0 Å². The summed E-state index contributed by atoms with van der Waals surface area (Å²) in [5, 5.41) is 34.3. The van der Waals surface area contributed by atoms with Gasteiger partial charge in [0, 0.05) is 48.4 Å². The van der Waals surface area contributed by atoms with Crippen molar-refractivity contribution in [1.82, 2.24) is 10.6 Å². The Morgan fingerprint density at radius 1 is 0.425 bits per heavy atom. The number of phenolic OH excluding ortho intramolecular Hbond substituents is 2. The summed E-state index contributed by atoms with van der Waals surface area (Å²) in [6.07, 6.45) is 0. The monoisotopic (exact) mass is 524 g/mol. The predicted octanol–water partition coefficient (Wildman–Crippen LogP) is 7.65. The van der Waals surface area contributed by atoms with Crippen LogP contribution in [0, 0.1) is 0 Å². The Morgan fingerprint density at radius 2 is 0.800 bits per heavy atom. The third-order valence-electron chi connectivity index (χ3n) is 7.43. The molecule has 6 aromatic rings. The largest absolute Gasteiger partial charge is 0.507 e.